The topological polar surface area (TPSA) is 95.8 Å². The van der Waals surface area contributed by atoms with Crippen molar-refractivity contribution in [1.29, 1.82) is 0 Å². The van der Waals surface area contributed by atoms with Crippen molar-refractivity contribution in [3.8, 4) is 0 Å². The van der Waals surface area contributed by atoms with E-state index < -0.39 is 12.2 Å². The molecule has 0 amide bonds. The second-order valence-electron chi connectivity index (χ2n) is 8.27. The van der Waals surface area contributed by atoms with Gasteiger partial charge in [-0.15, -0.1) is 0 Å². The summed E-state index contributed by atoms with van der Waals surface area (Å²) in [6.07, 6.45) is 5.04. The van der Waals surface area contributed by atoms with Crippen LogP contribution in [0.25, 0.3) is 0 Å². The number of ether oxygens (including phenoxy) is 6. The normalized spacial score (nSPS) is 42.2. The molecule has 4 heterocycles. The number of hydrogen-bond acceptors (Lipinski definition) is 8. The minimum absolute atomic E-state index is 0.0385. The molecule has 0 aromatic rings. The number of aliphatic hydroxyl groups is 2. The van der Waals surface area contributed by atoms with E-state index in [0.29, 0.717) is 26.4 Å². The summed E-state index contributed by atoms with van der Waals surface area (Å²) in [6, 6.07) is 0. The second-order valence-corrected chi connectivity index (χ2v) is 8.27. The Labute approximate surface area is 166 Å². The maximum absolute atomic E-state index is 9.72. The second kappa shape index (κ2) is 10.1. The van der Waals surface area contributed by atoms with Gasteiger partial charge in [-0.2, -0.15) is 0 Å². The van der Waals surface area contributed by atoms with Crippen molar-refractivity contribution in [3.05, 3.63) is 0 Å². The molecule has 0 radical (unpaired) electrons. The lowest BCUT2D eigenvalue weighted by molar-refractivity contribution is -0.0384. The molecule has 4 aliphatic heterocycles. The minimum Gasteiger partial charge on any atom is -0.388 e. The largest absolute Gasteiger partial charge is 0.388 e. The SMILES string of the molecule is O[C@H]1COC2C1OC[C@H]2OCCCCCCCCO[C@@H]1COC2C1OC[C@@H]2O. The first-order chi connectivity index (χ1) is 13.7. The van der Waals surface area contributed by atoms with Gasteiger partial charge in [0.2, 0.25) is 0 Å². The smallest absolute Gasteiger partial charge is 0.115 e. The fourth-order valence-corrected chi connectivity index (χ4v) is 4.55. The van der Waals surface area contributed by atoms with Gasteiger partial charge < -0.3 is 38.6 Å². The van der Waals surface area contributed by atoms with Crippen LogP contribution in [-0.2, 0) is 28.4 Å². The third-order valence-corrected chi connectivity index (χ3v) is 6.17. The van der Waals surface area contributed by atoms with Gasteiger partial charge in [0.05, 0.1) is 26.4 Å². The molecular weight excluding hydrogens is 368 g/mol. The minimum atomic E-state index is -0.512. The number of fused-ring (bicyclic) bond motifs is 2. The van der Waals surface area contributed by atoms with Crippen molar-refractivity contribution in [2.75, 3.05) is 39.6 Å². The number of unbranched alkanes of at least 4 members (excludes halogenated alkanes) is 5. The van der Waals surface area contributed by atoms with Crippen LogP contribution in [0, 0.1) is 0 Å². The van der Waals surface area contributed by atoms with Gasteiger partial charge in [-0.1, -0.05) is 25.7 Å². The summed E-state index contributed by atoms with van der Waals surface area (Å²) in [5.74, 6) is 0. The summed E-state index contributed by atoms with van der Waals surface area (Å²) in [7, 11) is 0. The van der Waals surface area contributed by atoms with E-state index in [4.69, 9.17) is 28.4 Å². The highest BCUT2D eigenvalue weighted by Crippen LogP contribution is 2.30. The lowest BCUT2D eigenvalue weighted by Crippen LogP contribution is -2.33. The van der Waals surface area contributed by atoms with Crippen molar-refractivity contribution in [2.45, 2.75) is 87.4 Å². The molecule has 8 atom stereocenters. The van der Waals surface area contributed by atoms with Crippen LogP contribution in [0.2, 0.25) is 0 Å². The Morgan fingerprint density at radius 3 is 1.39 bits per heavy atom. The average molecular weight is 402 g/mol. The van der Waals surface area contributed by atoms with Gasteiger partial charge in [-0.25, -0.2) is 0 Å². The monoisotopic (exact) mass is 402 g/mol. The number of hydrogen-bond donors (Lipinski definition) is 2. The molecule has 4 rings (SSSR count). The van der Waals surface area contributed by atoms with E-state index in [1.807, 2.05) is 0 Å². The molecule has 4 saturated heterocycles. The van der Waals surface area contributed by atoms with Crippen LogP contribution in [0.3, 0.4) is 0 Å². The van der Waals surface area contributed by atoms with Crippen LogP contribution in [0.15, 0.2) is 0 Å². The third kappa shape index (κ3) is 4.87. The van der Waals surface area contributed by atoms with Crippen molar-refractivity contribution >= 4 is 0 Å². The highest BCUT2D eigenvalue weighted by molar-refractivity contribution is 4.95. The Kier molecular flexibility index (Phi) is 7.57. The lowest BCUT2D eigenvalue weighted by atomic mass is 10.1. The zero-order valence-corrected chi connectivity index (χ0v) is 16.4. The average Bonchev–Trinajstić information content (AvgIpc) is 3.44. The van der Waals surface area contributed by atoms with E-state index in [1.165, 1.54) is 12.8 Å². The van der Waals surface area contributed by atoms with Crippen molar-refractivity contribution in [1.82, 2.24) is 0 Å². The first-order valence-electron chi connectivity index (χ1n) is 10.8. The fourth-order valence-electron chi connectivity index (χ4n) is 4.55. The zero-order chi connectivity index (χ0) is 19.3. The van der Waals surface area contributed by atoms with Crippen molar-refractivity contribution < 1.29 is 38.6 Å². The van der Waals surface area contributed by atoms with Crippen LogP contribution < -0.4 is 0 Å². The van der Waals surface area contributed by atoms with Gasteiger partial charge >= 0.3 is 0 Å². The molecule has 0 bridgehead atoms. The first-order valence-corrected chi connectivity index (χ1v) is 10.8. The summed E-state index contributed by atoms with van der Waals surface area (Å²) >= 11 is 0. The van der Waals surface area contributed by atoms with Crippen LogP contribution in [0.5, 0.6) is 0 Å². The molecule has 8 nitrogen and oxygen atoms in total. The molecule has 4 fully saturated rings. The molecule has 28 heavy (non-hydrogen) atoms. The fraction of sp³-hybridized carbons (Fsp3) is 1.00. The highest BCUT2D eigenvalue weighted by atomic mass is 16.6. The molecular formula is C20H34O8. The third-order valence-electron chi connectivity index (χ3n) is 6.17. The van der Waals surface area contributed by atoms with Crippen LogP contribution >= 0.6 is 0 Å². The lowest BCUT2D eigenvalue weighted by Gasteiger charge is -2.16. The van der Waals surface area contributed by atoms with Gasteiger partial charge in [-0.3, -0.25) is 0 Å². The highest BCUT2D eigenvalue weighted by Gasteiger charge is 2.48. The van der Waals surface area contributed by atoms with Gasteiger partial charge in [0.1, 0.15) is 48.8 Å². The summed E-state index contributed by atoms with van der Waals surface area (Å²) in [4.78, 5) is 0. The van der Waals surface area contributed by atoms with Crippen molar-refractivity contribution in [2.24, 2.45) is 0 Å². The van der Waals surface area contributed by atoms with Gasteiger partial charge in [0.15, 0.2) is 0 Å². The Morgan fingerprint density at radius 2 is 0.929 bits per heavy atom. The maximum Gasteiger partial charge on any atom is 0.115 e. The molecule has 0 spiro atoms. The van der Waals surface area contributed by atoms with E-state index >= 15 is 0 Å². The van der Waals surface area contributed by atoms with Gasteiger partial charge in [0.25, 0.3) is 0 Å². The van der Waals surface area contributed by atoms with E-state index in [1.54, 1.807) is 0 Å². The Balaban J connectivity index is 0.959. The Hall–Kier alpha value is -0.320. The van der Waals surface area contributed by atoms with E-state index in [0.717, 1.165) is 38.9 Å². The molecule has 162 valence electrons. The number of aliphatic hydroxyl groups excluding tert-OH is 2. The summed E-state index contributed by atoms with van der Waals surface area (Å²) < 4.78 is 34.0. The Morgan fingerprint density at radius 1 is 0.536 bits per heavy atom. The zero-order valence-electron chi connectivity index (χ0n) is 16.4. The summed E-state index contributed by atoms with van der Waals surface area (Å²) in [6.45, 7) is 3.17. The number of rotatable bonds is 11. The molecule has 8 heteroatoms. The summed E-state index contributed by atoms with van der Waals surface area (Å²) in [5, 5.41) is 19.4. The quantitative estimate of drug-likeness (QED) is 0.480. The van der Waals surface area contributed by atoms with Gasteiger partial charge in [0, 0.05) is 13.2 Å². The molecule has 0 saturated carbocycles. The standard InChI is InChI=1S/C20H34O8/c21-13-9-25-19-15(11-27-17(13)19)23-7-5-3-1-2-4-6-8-24-16-12-28-18-14(22)10-26-20(16)18/h13-22H,1-12H2/t13-,14-,15+,16+,17?,18?,19?,20?/m0/s1. The maximum atomic E-state index is 9.72. The molecule has 2 N–H and O–H groups in total. The van der Waals surface area contributed by atoms with E-state index in [2.05, 4.69) is 0 Å². The van der Waals surface area contributed by atoms with Crippen LogP contribution in [0.4, 0.5) is 0 Å². The van der Waals surface area contributed by atoms with Crippen LogP contribution in [0.1, 0.15) is 38.5 Å². The predicted octanol–water partition coefficient (Wildman–Crippen LogP) is 0.414. The molecule has 0 aliphatic carbocycles. The molecule has 4 aliphatic rings. The molecule has 0 aromatic carbocycles. The van der Waals surface area contributed by atoms with Crippen LogP contribution in [-0.4, -0.2) is 98.7 Å². The summed E-state index contributed by atoms with van der Waals surface area (Å²) in [5.41, 5.74) is 0. The first kappa shape index (κ1) is 20.9. The predicted molar refractivity (Wildman–Crippen MR) is 98.2 cm³/mol. The Bertz CT molecular complexity index is 435. The van der Waals surface area contributed by atoms with E-state index in [9.17, 15) is 10.2 Å². The van der Waals surface area contributed by atoms with Crippen molar-refractivity contribution in [3.63, 3.8) is 0 Å². The van der Waals surface area contributed by atoms with Gasteiger partial charge in [-0.05, 0) is 12.8 Å². The molecule has 0 aromatic heterocycles. The van der Waals surface area contributed by atoms with E-state index in [-0.39, 0.29) is 36.6 Å². The molecule has 4 unspecified atom stereocenters.